The van der Waals surface area contributed by atoms with E-state index >= 15 is 0 Å². The van der Waals surface area contributed by atoms with Crippen LogP contribution in [0, 0.1) is 5.82 Å². The van der Waals surface area contributed by atoms with E-state index in [-0.39, 0.29) is 11.9 Å². The highest BCUT2D eigenvalue weighted by molar-refractivity contribution is 9.10. The molecule has 0 aliphatic carbocycles. The van der Waals surface area contributed by atoms with Gasteiger partial charge in [-0.25, -0.2) is 4.39 Å². The van der Waals surface area contributed by atoms with E-state index in [4.69, 9.17) is 0 Å². The van der Waals surface area contributed by atoms with Gasteiger partial charge in [-0.3, -0.25) is 0 Å². The van der Waals surface area contributed by atoms with Crippen LogP contribution in [-0.4, -0.2) is 6.26 Å². The summed E-state index contributed by atoms with van der Waals surface area (Å²) in [6, 6.07) is 13.4. The molecule has 0 aliphatic heterocycles. The number of rotatable bonds is 4. The summed E-state index contributed by atoms with van der Waals surface area (Å²) in [5.74, 6) is -0.248. The lowest BCUT2D eigenvalue weighted by atomic mass is 10.1. The summed E-state index contributed by atoms with van der Waals surface area (Å²) in [6.07, 6.45) is 2.05. The Labute approximate surface area is 125 Å². The van der Waals surface area contributed by atoms with Crippen molar-refractivity contribution in [2.24, 2.45) is 0 Å². The summed E-state index contributed by atoms with van der Waals surface area (Å²) >= 11 is 4.96. The number of benzene rings is 2. The Kier molecular flexibility index (Phi) is 4.88. The summed E-state index contributed by atoms with van der Waals surface area (Å²) in [4.78, 5) is 1.23. The van der Waals surface area contributed by atoms with Gasteiger partial charge in [-0.15, -0.1) is 11.8 Å². The first-order valence-corrected chi connectivity index (χ1v) is 7.97. The lowest BCUT2D eigenvalue weighted by Gasteiger charge is -2.16. The summed E-state index contributed by atoms with van der Waals surface area (Å²) in [5, 5.41) is 3.19. The predicted molar refractivity (Wildman–Crippen MR) is 84.4 cm³/mol. The summed E-state index contributed by atoms with van der Waals surface area (Å²) in [6.45, 7) is 2.02. The van der Waals surface area contributed by atoms with Gasteiger partial charge in [0.25, 0.3) is 0 Å². The van der Waals surface area contributed by atoms with Crippen molar-refractivity contribution < 1.29 is 4.39 Å². The number of halogens is 2. The van der Waals surface area contributed by atoms with Crippen LogP contribution in [-0.2, 0) is 0 Å². The van der Waals surface area contributed by atoms with E-state index in [2.05, 4.69) is 45.5 Å². The molecule has 1 N–H and O–H groups in total. The lowest BCUT2D eigenvalue weighted by molar-refractivity contribution is 0.626. The predicted octanol–water partition coefficient (Wildman–Crippen LogP) is 5.48. The highest BCUT2D eigenvalue weighted by Crippen LogP contribution is 2.25. The van der Waals surface area contributed by atoms with Crippen molar-refractivity contribution in [1.29, 1.82) is 0 Å². The molecule has 0 aliphatic rings. The fourth-order valence-electron chi connectivity index (χ4n) is 1.82. The molecule has 0 amide bonds. The molecule has 4 heteroatoms. The van der Waals surface area contributed by atoms with Crippen LogP contribution in [0.2, 0.25) is 0 Å². The third kappa shape index (κ3) is 3.74. The van der Waals surface area contributed by atoms with Crippen molar-refractivity contribution >= 4 is 33.4 Å². The molecule has 0 bridgehead atoms. The van der Waals surface area contributed by atoms with Gasteiger partial charge in [0.1, 0.15) is 5.82 Å². The van der Waals surface area contributed by atoms with Crippen LogP contribution in [0.25, 0.3) is 0 Å². The monoisotopic (exact) mass is 339 g/mol. The van der Waals surface area contributed by atoms with Gasteiger partial charge < -0.3 is 5.32 Å². The molecule has 2 aromatic carbocycles. The van der Waals surface area contributed by atoms with E-state index in [0.717, 1.165) is 10.0 Å². The molecule has 0 radical (unpaired) electrons. The molecular formula is C15H15BrFNS. The fourth-order valence-corrected chi connectivity index (χ4v) is 2.56. The third-order valence-corrected chi connectivity index (χ3v) is 4.16. The quantitative estimate of drug-likeness (QED) is 0.740. The first-order chi connectivity index (χ1) is 9.10. The standard InChI is InChI=1S/C15H15BrFNS/c1-10(11-3-6-13(19-2)7-4-11)18-15-8-5-12(16)9-14(15)17/h3-10,18H,1-2H3. The Morgan fingerprint density at radius 1 is 1.16 bits per heavy atom. The minimum atomic E-state index is -0.248. The fraction of sp³-hybridized carbons (Fsp3) is 0.200. The van der Waals surface area contributed by atoms with Gasteiger partial charge in [0.05, 0.1) is 5.69 Å². The van der Waals surface area contributed by atoms with Crippen LogP contribution < -0.4 is 5.32 Å². The molecule has 0 saturated heterocycles. The van der Waals surface area contributed by atoms with Crippen molar-refractivity contribution in [3.63, 3.8) is 0 Å². The van der Waals surface area contributed by atoms with Gasteiger partial charge in [-0.05, 0) is 49.1 Å². The summed E-state index contributed by atoms with van der Waals surface area (Å²) in [7, 11) is 0. The number of anilines is 1. The maximum absolute atomic E-state index is 13.7. The van der Waals surface area contributed by atoms with Crippen molar-refractivity contribution in [1.82, 2.24) is 0 Å². The minimum Gasteiger partial charge on any atom is -0.376 e. The normalized spacial score (nSPS) is 12.2. The van der Waals surface area contributed by atoms with Gasteiger partial charge in [-0.2, -0.15) is 0 Å². The second-order valence-corrected chi connectivity index (χ2v) is 6.06. The Balaban J connectivity index is 2.13. The van der Waals surface area contributed by atoms with Crippen LogP contribution in [0.15, 0.2) is 51.8 Å². The van der Waals surface area contributed by atoms with E-state index in [1.54, 1.807) is 17.8 Å². The smallest absolute Gasteiger partial charge is 0.147 e. The van der Waals surface area contributed by atoms with Crippen LogP contribution in [0.4, 0.5) is 10.1 Å². The van der Waals surface area contributed by atoms with Crippen molar-refractivity contribution in [3.05, 3.63) is 58.3 Å². The molecule has 2 aromatic rings. The Morgan fingerprint density at radius 3 is 2.42 bits per heavy atom. The highest BCUT2D eigenvalue weighted by atomic mass is 79.9. The lowest BCUT2D eigenvalue weighted by Crippen LogP contribution is -2.07. The first kappa shape index (κ1) is 14.4. The average Bonchev–Trinajstić information content (AvgIpc) is 2.42. The number of nitrogens with one attached hydrogen (secondary N) is 1. The molecule has 1 nitrogen and oxygen atoms in total. The Hall–Kier alpha value is -1.00. The van der Waals surface area contributed by atoms with Crippen molar-refractivity contribution in [2.45, 2.75) is 17.9 Å². The second kappa shape index (κ2) is 6.44. The van der Waals surface area contributed by atoms with Crippen molar-refractivity contribution in [3.8, 4) is 0 Å². The van der Waals surface area contributed by atoms with E-state index < -0.39 is 0 Å². The summed E-state index contributed by atoms with van der Waals surface area (Å²) < 4.78 is 14.5. The van der Waals surface area contributed by atoms with Crippen LogP contribution in [0.1, 0.15) is 18.5 Å². The number of thioether (sulfide) groups is 1. The van der Waals surface area contributed by atoms with Crippen molar-refractivity contribution in [2.75, 3.05) is 11.6 Å². The zero-order valence-electron chi connectivity index (χ0n) is 10.8. The van der Waals surface area contributed by atoms with Crippen LogP contribution in [0.3, 0.4) is 0 Å². The topological polar surface area (TPSA) is 12.0 Å². The van der Waals surface area contributed by atoms with E-state index in [1.807, 2.05) is 19.2 Å². The molecule has 0 spiro atoms. The average molecular weight is 340 g/mol. The zero-order valence-corrected chi connectivity index (χ0v) is 13.2. The van der Waals surface area contributed by atoms with Gasteiger partial charge in [0.2, 0.25) is 0 Å². The maximum atomic E-state index is 13.7. The SMILES string of the molecule is CSc1ccc(C(C)Nc2ccc(Br)cc2F)cc1. The molecule has 0 fully saturated rings. The van der Waals surface area contributed by atoms with Crippen LogP contribution in [0.5, 0.6) is 0 Å². The molecule has 0 saturated carbocycles. The summed E-state index contributed by atoms with van der Waals surface area (Å²) in [5.41, 5.74) is 1.66. The Bertz CT molecular complexity index is 557. The molecule has 2 rings (SSSR count). The minimum absolute atomic E-state index is 0.0616. The van der Waals surface area contributed by atoms with Gasteiger partial charge in [0.15, 0.2) is 0 Å². The molecular weight excluding hydrogens is 325 g/mol. The second-order valence-electron chi connectivity index (χ2n) is 4.26. The largest absolute Gasteiger partial charge is 0.376 e. The van der Waals surface area contributed by atoms with E-state index in [9.17, 15) is 4.39 Å². The van der Waals surface area contributed by atoms with E-state index in [0.29, 0.717) is 5.69 Å². The molecule has 1 unspecified atom stereocenters. The van der Waals surface area contributed by atoms with Gasteiger partial charge in [0, 0.05) is 15.4 Å². The third-order valence-electron chi connectivity index (χ3n) is 2.92. The first-order valence-electron chi connectivity index (χ1n) is 5.95. The van der Waals surface area contributed by atoms with E-state index in [1.165, 1.54) is 11.0 Å². The molecule has 1 atom stereocenters. The van der Waals surface area contributed by atoms with Gasteiger partial charge >= 0.3 is 0 Å². The molecule has 100 valence electrons. The zero-order chi connectivity index (χ0) is 13.8. The molecule has 0 heterocycles. The van der Waals surface area contributed by atoms with Crippen LogP contribution >= 0.6 is 27.7 Å². The molecule has 19 heavy (non-hydrogen) atoms. The Morgan fingerprint density at radius 2 is 1.84 bits per heavy atom. The molecule has 0 aromatic heterocycles. The maximum Gasteiger partial charge on any atom is 0.147 e. The highest BCUT2D eigenvalue weighted by Gasteiger charge is 2.08. The number of hydrogen-bond donors (Lipinski definition) is 1. The van der Waals surface area contributed by atoms with Gasteiger partial charge in [-0.1, -0.05) is 28.1 Å². The number of hydrogen-bond acceptors (Lipinski definition) is 2.